The van der Waals surface area contributed by atoms with Crippen LogP contribution < -0.4 is 5.73 Å². The van der Waals surface area contributed by atoms with Gasteiger partial charge in [0, 0.05) is 23.4 Å². The van der Waals surface area contributed by atoms with Crippen LogP contribution in [0.25, 0.3) is 16.9 Å². The average molecular weight is 420 g/mol. The van der Waals surface area contributed by atoms with Crippen molar-refractivity contribution in [2.24, 2.45) is 12.8 Å². The van der Waals surface area contributed by atoms with E-state index in [0.29, 0.717) is 11.3 Å². The molecule has 1 unspecified atom stereocenters. The molecule has 8 nitrogen and oxygen atoms in total. The summed E-state index contributed by atoms with van der Waals surface area (Å²) in [7, 11) is 1.93. The van der Waals surface area contributed by atoms with Crippen molar-refractivity contribution in [3.05, 3.63) is 71.7 Å². The summed E-state index contributed by atoms with van der Waals surface area (Å²) in [6.07, 6.45) is 3.55. The summed E-state index contributed by atoms with van der Waals surface area (Å²) < 4.78 is 3.63. The van der Waals surface area contributed by atoms with Gasteiger partial charge in [0.05, 0.1) is 11.9 Å². The van der Waals surface area contributed by atoms with Gasteiger partial charge in [-0.3, -0.25) is 4.79 Å². The van der Waals surface area contributed by atoms with E-state index < -0.39 is 5.91 Å². The number of benzene rings is 2. The fourth-order valence-corrected chi connectivity index (χ4v) is 4.13. The summed E-state index contributed by atoms with van der Waals surface area (Å²) in [5.41, 5.74) is 10.3. The highest BCUT2D eigenvalue weighted by Crippen LogP contribution is 2.34. The summed E-state index contributed by atoms with van der Waals surface area (Å²) in [5, 5.41) is 17.7. The van der Waals surface area contributed by atoms with Gasteiger partial charge in [-0.15, -0.1) is 15.3 Å². The van der Waals surface area contributed by atoms with Crippen molar-refractivity contribution in [1.82, 2.24) is 29.8 Å². The number of hydrogen-bond acceptors (Lipinski definition) is 6. The first-order valence-corrected chi connectivity index (χ1v) is 10.2. The zero-order valence-corrected chi connectivity index (χ0v) is 17.7. The van der Waals surface area contributed by atoms with Crippen molar-refractivity contribution in [2.75, 3.05) is 0 Å². The Morgan fingerprint density at radius 3 is 2.70 bits per heavy atom. The summed E-state index contributed by atoms with van der Waals surface area (Å²) in [5.74, 6) is -0.455. The van der Waals surface area contributed by atoms with Crippen LogP contribution in [0, 0.1) is 6.92 Å². The van der Waals surface area contributed by atoms with E-state index in [4.69, 9.17) is 5.73 Å². The molecule has 0 radical (unpaired) electrons. The SMILES string of the molecule is Cc1c(C(N)=O)cccc1-c1cn(-c2cccc(C(C)Sc3nncn3C)c2)nn1. The van der Waals surface area contributed by atoms with Crippen LogP contribution in [0.3, 0.4) is 0 Å². The van der Waals surface area contributed by atoms with E-state index in [1.165, 1.54) is 0 Å². The van der Waals surface area contributed by atoms with Crippen LogP contribution in [0.4, 0.5) is 0 Å². The molecule has 9 heteroatoms. The second-order valence-corrected chi connectivity index (χ2v) is 8.28. The van der Waals surface area contributed by atoms with Gasteiger partial charge < -0.3 is 10.3 Å². The van der Waals surface area contributed by atoms with E-state index in [-0.39, 0.29) is 5.25 Å². The van der Waals surface area contributed by atoms with E-state index in [9.17, 15) is 4.79 Å². The molecular weight excluding hydrogens is 398 g/mol. The summed E-state index contributed by atoms with van der Waals surface area (Å²) in [6.45, 7) is 3.99. The number of nitrogens with two attached hydrogens (primary N) is 1. The third-order valence-electron chi connectivity index (χ3n) is 4.92. The first-order valence-electron chi connectivity index (χ1n) is 9.37. The van der Waals surface area contributed by atoms with Gasteiger partial charge in [0.1, 0.15) is 12.0 Å². The molecule has 2 heterocycles. The topological polar surface area (TPSA) is 105 Å². The lowest BCUT2D eigenvalue weighted by molar-refractivity contribution is 0.0999. The van der Waals surface area contributed by atoms with Gasteiger partial charge in [0.2, 0.25) is 5.91 Å². The second kappa shape index (κ2) is 8.11. The molecule has 0 aliphatic rings. The van der Waals surface area contributed by atoms with Crippen molar-refractivity contribution in [3.8, 4) is 16.9 Å². The number of amides is 1. The number of thioether (sulfide) groups is 1. The Morgan fingerprint density at radius 2 is 1.97 bits per heavy atom. The minimum Gasteiger partial charge on any atom is -0.366 e. The molecule has 0 bridgehead atoms. The van der Waals surface area contributed by atoms with Gasteiger partial charge >= 0.3 is 0 Å². The highest BCUT2D eigenvalue weighted by molar-refractivity contribution is 7.99. The summed E-state index contributed by atoms with van der Waals surface area (Å²) in [6, 6.07) is 13.6. The highest BCUT2D eigenvalue weighted by atomic mass is 32.2. The molecule has 2 aromatic heterocycles. The third kappa shape index (κ3) is 3.84. The number of aryl methyl sites for hydroxylation is 1. The molecule has 30 heavy (non-hydrogen) atoms. The Morgan fingerprint density at radius 1 is 1.17 bits per heavy atom. The monoisotopic (exact) mass is 419 g/mol. The lowest BCUT2D eigenvalue weighted by Crippen LogP contribution is -2.12. The number of carbonyl (C=O) groups excluding carboxylic acids is 1. The highest BCUT2D eigenvalue weighted by Gasteiger charge is 2.15. The number of carbonyl (C=O) groups is 1. The van der Waals surface area contributed by atoms with Crippen LogP contribution in [0.5, 0.6) is 0 Å². The molecule has 0 aliphatic carbocycles. The maximum absolute atomic E-state index is 11.6. The minimum absolute atomic E-state index is 0.185. The molecule has 0 fully saturated rings. The van der Waals surface area contributed by atoms with Gasteiger partial charge in [-0.25, -0.2) is 4.68 Å². The van der Waals surface area contributed by atoms with Gasteiger partial charge in [-0.2, -0.15) is 0 Å². The van der Waals surface area contributed by atoms with Crippen molar-refractivity contribution < 1.29 is 4.79 Å². The van der Waals surface area contributed by atoms with Crippen molar-refractivity contribution in [1.29, 1.82) is 0 Å². The zero-order chi connectivity index (χ0) is 21.3. The number of aromatic nitrogens is 6. The largest absolute Gasteiger partial charge is 0.366 e. The van der Waals surface area contributed by atoms with Crippen LogP contribution >= 0.6 is 11.8 Å². The molecule has 1 amide bonds. The summed E-state index contributed by atoms with van der Waals surface area (Å²) in [4.78, 5) is 11.6. The second-order valence-electron chi connectivity index (χ2n) is 6.97. The van der Waals surface area contributed by atoms with Crippen LogP contribution in [0.15, 0.2) is 60.1 Å². The van der Waals surface area contributed by atoms with E-state index in [0.717, 1.165) is 27.5 Å². The smallest absolute Gasteiger partial charge is 0.248 e. The molecular formula is C21H21N7OS. The standard InChI is InChI=1S/C21H21N7OS/c1-13-17(8-5-9-18(13)20(22)29)19-11-28(26-24-19)16-7-4-6-15(10-16)14(2)30-21-25-23-12-27(21)3/h4-12,14H,1-3H3,(H2,22,29). The van der Waals surface area contributed by atoms with E-state index in [1.807, 2.05) is 42.9 Å². The zero-order valence-electron chi connectivity index (χ0n) is 16.9. The predicted octanol–water partition coefficient (Wildman–Crippen LogP) is 3.32. The van der Waals surface area contributed by atoms with Crippen molar-refractivity contribution in [3.63, 3.8) is 0 Å². The predicted molar refractivity (Wildman–Crippen MR) is 115 cm³/mol. The molecule has 0 saturated heterocycles. The molecule has 4 rings (SSSR count). The fourth-order valence-electron chi connectivity index (χ4n) is 3.22. The molecule has 152 valence electrons. The number of hydrogen-bond donors (Lipinski definition) is 1. The van der Waals surface area contributed by atoms with Gasteiger partial charge in [-0.05, 0) is 43.2 Å². The van der Waals surface area contributed by atoms with Gasteiger partial charge in [0.15, 0.2) is 5.16 Å². The lowest BCUT2D eigenvalue weighted by Gasteiger charge is -2.12. The number of rotatable bonds is 6. The molecule has 4 aromatic rings. The lowest BCUT2D eigenvalue weighted by atomic mass is 10.00. The van der Waals surface area contributed by atoms with E-state index in [1.54, 1.807) is 34.9 Å². The Kier molecular flexibility index (Phi) is 5.37. The quantitative estimate of drug-likeness (QED) is 0.481. The van der Waals surface area contributed by atoms with Crippen LogP contribution in [-0.4, -0.2) is 35.7 Å². The van der Waals surface area contributed by atoms with Crippen LogP contribution in [0.1, 0.15) is 33.7 Å². The Bertz CT molecular complexity index is 1210. The molecule has 1 atom stereocenters. The van der Waals surface area contributed by atoms with Crippen molar-refractivity contribution >= 4 is 17.7 Å². The summed E-state index contributed by atoms with van der Waals surface area (Å²) >= 11 is 1.64. The first-order chi connectivity index (χ1) is 14.4. The fraction of sp³-hybridized carbons (Fsp3) is 0.190. The minimum atomic E-state index is -0.455. The number of primary amides is 1. The average Bonchev–Trinajstić information content (AvgIpc) is 3.38. The Labute approximate surface area is 178 Å². The van der Waals surface area contributed by atoms with E-state index >= 15 is 0 Å². The van der Waals surface area contributed by atoms with E-state index in [2.05, 4.69) is 39.6 Å². The molecule has 2 aromatic carbocycles. The Hall–Kier alpha value is -3.46. The molecule has 0 aliphatic heterocycles. The third-order valence-corrected chi connectivity index (χ3v) is 6.13. The molecule has 0 spiro atoms. The van der Waals surface area contributed by atoms with Crippen LogP contribution in [0.2, 0.25) is 0 Å². The van der Waals surface area contributed by atoms with Crippen molar-refractivity contribution in [2.45, 2.75) is 24.3 Å². The van der Waals surface area contributed by atoms with Gasteiger partial charge in [0.25, 0.3) is 0 Å². The molecule has 0 saturated carbocycles. The Balaban J connectivity index is 1.62. The van der Waals surface area contributed by atoms with Crippen LogP contribution in [-0.2, 0) is 7.05 Å². The maximum Gasteiger partial charge on any atom is 0.248 e. The number of nitrogens with zero attached hydrogens (tertiary/aromatic N) is 6. The van der Waals surface area contributed by atoms with Gasteiger partial charge in [-0.1, -0.05) is 41.2 Å². The first kappa shape index (κ1) is 19.8. The molecule has 2 N–H and O–H groups in total. The normalized spacial score (nSPS) is 12.1. The maximum atomic E-state index is 11.6.